The minimum absolute atomic E-state index is 0.175. The maximum absolute atomic E-state index is 10.8. The molecule has 4 N–H and O–H groups in total. The van der Waals surface area contributed by atoms with Gasteiger partial charge in [-0.05, 0) is 13.3 Å². The fourth-order valence-corrected chi connectivity index (χ4v) is 1.04. The Kier molecular flexibility index (Phi) is 6.06. The molecular formula is C7H15ClN2O2. The van der Waals surface area contributed by atoms with E-state index in [2.05, 4.69) is 0 Å². The largest absolute Gasteiger partial charge is 0.466 e. The van der Waals surface area contributed by atoms with E-state index in [1.54, 1.807) is 6.92 Å². The van der Waals surface area contributed by atoms with Gasteiger partial charge in [-0.1, -0.05) is 0 Å². The molecule has 0 aromatic carbocycles. The molecule has 0 rings (SSSR count). The Morgan fingerprint density at radius 2 is 2.17 bits per heavy atom. The number of nitrogens with two attached hydrogens (primary N) is 2. The molecule has 0 fully saturated rings. The van der Waals surface area contributed by atoms with E-state index < -0.39 is 5.50 Å². The number of carbonyl (C=O) groups excluding carboxylic acids is 1. The molecular weight excluding hydrogens is 180 g/mol. The molecule has 0 aromatic rings. The molecule has 12 heavy (non-hydrogen) atoms. The minimum atomic E-state index is -0.491. The second kappa shape index (κ2) is 6.22. The lowest BCUT2D eigenvalue weighted by molar-refractivity contribution is -0.143. The van der Waals surface area contributed by atoms with E-state index in [1.165, 1.54) is 0 Å². The minimum Gasteiger partial charge on any atom is -0.466 e. The van der Waals surface area contributed by atoms with E-state index in [0.29, 0.717) is 13.0 Å². The van der Waals surface area contributed by atoms with Crippen molar-refractivity contribution in [3.63, 3.8) is 0 Å². The van der Waals surface area contributed by atoms with Crippen molar-refractivity contribution < 1.29 is 9.53 Å². The van der Waals surface area contributed by atoms with Crippen LogP contribution < -0.4 is 11.5 Å². The molecule has 0 amide bonds. The molecule has 0 aliphatic carbocycles. The molecule has 2 atom stereocenters. The van der Waals surface area contributed by atoms with Gasteiger partial charge in [0.15, 0.2) is 0 Å². The molecule has 0 aliphatic rings. The lowest BCUT2D eigenvalue weighted by Gasteiger charge is -2.11. The highest BCUT2D eigenvalue weighted by molar-refractivity contribution is 6.20. The van der Waals surface area contributed by atoms with Crippen molar-refractivity contribution in [1.29, 1.82) is 0 Å². The molecule has 0 bridgehead atoms. The van der Waals surface area contributed by atoms with Crippen LogP contribution in [0, 0.1) is 0 Å². The lowest BCUT2D eigenvalue weighted by atomic mass is 10.1. The number of ether oxygens (including phenoxy) is 1. The van der Waals surface area contributed by atoms with E-state index in [4.69, 9.17) is 27.8 Å². The van der Waals surface area contributed by atoms with Gasteiger partial charge in [-0.2, -0.15) is 0 Å². The summed E-state index contributed by atoms with van der Waals surface area (Å²) in [7, 11) is 0. The summed E-state index contributed by atoms with van der Waals surface area (Å²) in [4.78, 5) is 10.8. The number of alkyl halides is 1. The molecule has 0 aliphatic heterocycles. The Balaban J connectivity index is 3.54. The first-order valence-corrected chi connectivity index (χ1v) is 4.30. The van der Waals surface area contributed by atoms with Crippen LogP contribution in [0.25, 0.3) is 0 Å². The monoisotopic (exact) mass is 194 g/mol. The van der Waals surface area contributed by atoms with E-state index in [0.717, 1.165) is 0 Å². The first kappa shape index (κ1) is 11.7. The third kappa shape index (κ3) is 6.39. The van der Waals surface area contributed by atoms with Gasteiger partial charge in [-0.25, -0.2) is 0 Å². The van der Waals surface area contributed by atoms with Crippen molar-refractivity contribution in [2.45, 2.75) is 31.3 Å². The van der Waals surface area contributed by atoms with Gasteiger partial charge in [-0.3, -0.25) is 4.79 Å². The molecule has 0 heterocycles. The van der Waals surface area contributed by atoms with E-state index in [-0.39, 0.29) is 18.4 Å². The van der Waals surface area contributed by atoms with Crippen molar-refractivity contribution in [2.24, 2.45) is 11.5 Å². The van der Waals surface area contributed by atoms with Gasteiger partial charge in [0, 0.05) is 6.04 Å². The summed E-state index contributed by atoms with van der Waals surface area (Å²) in [6.45, 7) is 2.12. The quantitative estimate of drug-likeness (QED) is 0.372. The standard InChI is InChI=1S/C7H15ClN2O2/c1-2-12-7(11)4-5(9)3-6(8)10/h5-6H,2-4,9-10H2,1H3/t5?,6-/m0/s1. The number of rotatable bonds is 5. The third-order valence-corrected chi connectivity index (χ3v) is 1.44. The zero-order valence-corrected chi connectivity index (χ0v) is 7.88. The zero-order chi connectivity index (χ0) is 9.56. The summed E-state index contributed by atoms with van der Waals surface area (Å²) in [5.41, 5.74) is 10.3. The zero-order valence-electron chi connectivity index (χ0n) is 7.13. The maximum Gasteiger partial charge on any atom is 0.307 e. The Labute approximate surface area is 77.2 Å². The topological polar surface area (TPSA) is 78.3 Å². The van der Waals surface area contributed by atoms with Crippen molar-refractivity contribution >= 4 is 17.6 Å². The van der Waals surface area contributed by atoms with Crippen LogP contribution in [0.4, 0.5) is 0 Å². The van der Waals surface area contributed by atoms with Crippen LogP contribution in [0.3, 0.4) is 0 Å². The molecule has 1 unspecified atom stereocenters. The molecule has 72 valence electrons. The van der Waals surface area contributed by atoms with Crippen molar-refractivity contribution in [2.75, 3.05) is 6.61 Å². The highest BCUT2D eigenvalue weighted by atomic mass is 35.5. The Hall–Kier alpha value is -0.320. The van der Waals surface area contributed by atoms with Crippen LogP contribution in [-0.2, 0) is 9.53 Å². The SMILES string of the molecule is CCOC(=O)CC(N)C[C@H](N)Cl. The van der Waals surface area contributed by atoms with Crippen LogP contribution in [-0.4, -0.2) is 24.1 Å². The van der Waals surface area contributed by atoms with Crippen LogP contribution in [0.5, 0.6) is 0 Å². The molecule has 0 radical (unpaired) electrons. The lowest BCUT2D eigenvalue weighted by Crippen LogP contribution is -2.30. The van der Waals surface area contributed by atoms with E-state index in [1.807, 2.05) is 0 Å². The van der Waals surface area contributed by atoms with Gasteiger partial charge in [-0.15, -0.1) is 11.6 Å². The van der Waals surface area contributed by atoms with Crippen LogP contribution >= 0.6 is 11.6 Å². The van der Waals surface area contributed by atoms with Crippen molar-refractivity contribution in [3.05, 3.63) is 0 Å². The van der Waals surface area contributed by atoms with Crippen molar-refractivity contribution in [1.82, 2.24) is 0 Å². The smallest absolute Gasteiger partial charge is 0.307 e. The predicted molar refractivity (Wildman–Crippen MR) is 47.7 cm³/mol. The first-order chi connectivity index (χ1) is 5.56. The number of esters is 1. The number of halogens is 1. The van der Waals surface area contributed by atoms with Crippen LogP contribution in [0.1, 0.15) is 19.8 Å². The summed E-state index contributed by atoms with van der Waals surface area (Å²) in [6.07, 6.45) is 0.592. The summed E-state index contributed by atoms with van der Waals surface area (Å²) < 4.78 is 4.69. The predicted octanol–water partition coefficient (Wildman–Crippen LogP) is 0.181. The van der Waals surface area contributed by atoms with Gasteiger partial charge in [0.2, 0.25) is 0 Å². The fourth-order valence-electron chi connectivity index (χ4n) is 0.807. The van der Waals surface area contributed by atoms with Crippen LogP contribution in [0.2, 0.25) is 0 Å². The molecule has 0 spiro atoms. The van der Waals surface area contributed by atoms with E-state index >= 15 is 0 Å². The summed E-state index contributed by atoms with van der Waals surface area (Å²) in [5.74, 6) is -0.303. The van der Waals surface area contributed by atoms with E-state index in [9.17, 15) is 4.79 Å². The molecule has 0 saturated carbocycles. The average Bonchev–Trinajstić information content (AvgIpc) is 1.84. The fraction of sp³-hybridized carbons (Fsp3) is 0.857. The van der Waals surface area contributed by atoms with Gasteiger partial charge in [0.05, 0.1) is 18.5 Å². The molecule has 0 saturated heterocycles. The summed E-state index contributed by atoms with van der Waals surface area (Å²) in [5, 5.41) is 0. The second-order valence-electron chi connectivity index (χ2n) is 2.52. The normalized spacial score (nSPS) is 15.3. The number of hydrogen-bond acceptors (Lipinski definition) is 4. The summed E-state index contributed by atoms with van der Waals surface area (Å²) >= 11 is 5.48. The Morgan fingerprint density at radius 3 is 2.58 bits per heavy atom. The molecule has 0 aromatic heterocycles. The van der Waals surface area contributed by atoms with Crippen LogP contribution in [0.15, 0.2) is 0 Å². The number of hydrogen-bond donors (Lipinski definition) is 2. The highest BCUT2D eigenvalue weighted by Crippen LogP contribution is 2.02. The summed E-state index contributed by atoms with van der Waals surface area (Å²) in [6, 6.07) is -0.309. The molecule has 5 heteroatoms. The second-order valence-corrected chi connectivity index (χ2v) is 3.08. The van der Waals surface area contributed by atoms with Crippen molar-refractivity contribution in [3.8, 4) is 0 Å². The van der Waals surface area contributed by atoms with Gasteiger partial charge >= 0.3 is 5.97 Å². The van der Waals surface area contributed by atoms with Gasteiger partial charge in [0.25, 0.3) is 0 Å². The number of carbonyl (C=O) groups is 1. The molecule has 4 nitrogen and oxygen atoms in total. The van der Waals surface area contributed by atoms with Gasteiger partial charge < -0.3 is 16.2 Å². The third-order valence-electron chi connectivity index (χ3n) is 1.26. The average molecular weight is 195 g/mol. The van der Waals surface area contributed by atoms with Gasteiger partial charge in [0.1, 0.15) is 0 Å². The maximum atomic E-state index is 10.8. The first-order valence-electron chi connectivity index (χ1n) is 3.87. The Morgan fingerprint density at radius 1 is 1.58 bits per heavy atom. The highest BCUT2D eigenvalue weighted by Gasteiger charge is 2.12. The Bertz CT molecular complexity index is 141.